The second kappa shape index (κ2) is 10.8. The zero-order valence-corrected chi connectivity index (χ0v) is 16.7. The molecule has 0 radical (unpaired) electrons. The first kappa shape index (κ1) is 21.0. The quantitative estimate of drug-likeness (QED) is 0.538. The maximum absolute atomic E-state index is 12.2. The van der Waals surface area contributed by atoms with Gasteiger partial charge in [-0.15, -0.1) is 0 Å². The van der Waals surface area contributed by atoms with E-state index < -0.39 is 0 Å². The van der Waals surface area contributed by atoms with Gasteiger partial charge >= 0.3 is 0 Å². The molecule has 0 saturated heterocycles. The van der Waals surface area contributed by atoms with Gasteiger partial charge in [0.05, 0.1) is 26.3 Å². The van der Waals surface area contributed by atoms with Crippen molar-refractivity contribution >= 4 is 11.8 Å². The molecule has 0 aromatic heterocycles. The normalized spacial score (nSPS) is 15.6. The molecule has 3 N–H and O–H groups in total. The summed E-state index contributed by atoms with van der Waals surface area (Å²) in [5.74, 6) is 1.30. The number of quaternary nitrogens is 1. The summed E-state index contributed by atoms with van der Waals surface area (Å²) in [7, 11) is 0. The van der Waals surface area contributed by atoms with Crippen LogP contribution in [0.5, 0.6) is 11.5 Å². The Bertz CT molecular complexity index is 648. The largest absolute Gasteiger partial charge is 0.490 e. The number of fused-ring (bicyclic) bond motifs is 1. The van der Waals surface area contributed by atoms with Crippen LogP contribution < -0.4 is 25.0 Å². The molecular weight excluding hydrogens is 346 g/mol. The number of ether oxygens (including phenoxy) is 2. The summed E-state index contributed by atoms with van der Waals surface area (Å²) < 4.78 is 11.4. The van der Waals surface area contributed by atoms with Crippen LogP contribution >= 0.6 is 0 Å². The summed E-state index contributed by atoms with van der Waals surface area (Å²) in [6.07, 6.45) is 1.77. The van der Waals surface area contributed by atoms with E-state index in [0.717, 1.165) is 37.4 Å². The minimum Gasteiger partial charge on any atom is -0.490 e. The molecule has 0 fully saturated rings. The maximum atomic E-state index is 12.2. The van der Waals surface area contributed by atoms with Crippen LogP contribution in [-0.2, 0) is 22.6 Å². The van der Waals surface area contributed by atoms with Gasteiger partial charge < -0.3 is 25.0 Å². The van der Waals surface area contributed by atoms with Crippen molar-refractivity contribution < 1.29 is 24.0 Å². The minimum atomic E-state index is -0.144. The molecule has 27 heavy (non-hydrogen) atoms. The molecule has 2 rings (SSSR count). The smallest absolute Gasteiger partial charge is 0.275 e. The molecule has 0 spiro atoms. The predicted molar refractivity (Wildman–Crippen MR) is 103 cm³/mol. The van der Waals surface area contributed by atoms with Crippen LogP contribution in [0.1, 0.15) is 38.3 Å². The summed E-state index contributed by atoms with van der Waals surface area (Å²) >= 11 is 0. The van der Waals surface area contributed by atoms with E-state index in [1.807, 2.05) is 26.8 Å². The monoisotopic (exact) mass is 378 g/mol. The lowest BCUT2D eigenvalue weighted by molar-refractivity contribution is -0.908. The molecule has 0 bridgehead atoms. The van der Waals surface area contributed by atoms with E-state index in [4.69, 9.17) is 9.47 Å². The highest BCUT2D eigenvalue weighted by Gasteiger charge is 2.24. The second-order valence-corrected chi connectivity index (χ2v) is 6.66. The van der Waals surface area contributed by atoms with Gasteiger partial charge in [0.1, 0.15) is 6.54 Å². The molecule has 7 heteroatoms. The Labute approximate surface area is 161 Å². The molecule has 2 amide bonds. The lowest BCUT2D eigenvalue weighted by Gasteiger charge is -2.26. The average Bonchev–Trinajstić information content (AvgIpc) is 2.65. The topological polar surface area (TPSA) is 81.1 Å². The van der Waals surface area contributed by atoms with Crippen LogP contribution in [0, 0.1) is 0 Å². The van der Waals surface area contributed by atoms with Crippen LogP contribution in [-0.4, -0.2) is 51.2 Å². The lowest BCUT2D eigenvalue weighted by Crippen LogP contribution is -3.12. The summed E-state index contributed by atoms with van der Waals surface area (Å²) in [6, 6.07) is 4.11. The highest BCUT2D eigenvalue weighted by Crippen LogP contribution is 2.32. The molecule has 0 aliphatic carbocycles. The summed E-state index contributed by atoms with van der Waals surface area (Å²) in [5.41, 5.74) is 2.45. The Balaban J connectivity index is 1.92. The van der Waals surface area contributed by atoms with E-state index in [2.05, 4.69) is 16.7 Å². The molecule has 0 saturated carbocycles. The fourth-order valence-electron chi connectivity index (χ4n) is 3.19. The van der Waals surface area contributed by atoms with Gasteiger partial charge in [0.2, 0.25) is 5.91 Å². The molecular formula is C20H32N3O4+. The van der Waals surface area contributed by atoms with Crippen molar-refractivity contribution in [2.24, 2.45) is 0 Å². The average molecular weight is 378 g/mol. The first-order valence-electron chi connectivity index (χ1n) is 9.85. The number of hydrogen-bond acceptors (Lipinski definition) is 4. The molecule has 1 aromatic rings. The predicted octanol–water partition coefficient (Wildman–Crippen LogP) is 0.0674. The van der Waals surface area contributed by atoms with Gasteiger partial charge in [-0.1, -0.05) is 6.92 Å². The zero-order valence-electron chi connectivity index (χ0n) is 16.7. The Morgan fingerprint density at radius 2 is 1.67 bits per heavy atom. The molecule has 1 aliphatic rings. The van der Waals surface area contributed by atoms with Gasteiger partial charge in [-0.25, -0.2) is 0 Å². The van der Waals surface area contributed by atoms with E-state index in [-0.39, 0.29) is 18.4 Å². The van der Waals surface area contributed by atoms with Gasteiger partial charge in [-0.3, -0.25) is 9.59 Å². The number of amides is 2. The third kappa shape index (κ3) is 6.43. The van der Waals surface area contributed by atoms with Crippen molar-refractivity contribution in [1.82, 2.24) is 10.6 Å². The Morgan fingerprint density at radius 1 is 1.00 bits per heavy atom. The molecule has 1 heterocycles. The first-order chi connectivity index (χ1) is 13.1. The highest BCUT2D eigenvalue weighted by molar-refractivity contribution is 5.85. The zero-order chi connectivity index (χ0) is 19.6. The standard InChI is InChI=1S/C20H31N3O4/c1-4-8-21-19(24)12-22-20(25)14-23-9-7-15-10-17(26-5-2)18(27-6-3)11-16(15)13-23/h10-11H,4-9,12-14H2,1-3H3,(H,21,24)(H,22,25)/p+1. The van der Waals surface area contributed by atoms with Gasteiger partial charge in [0.25, 0.3) is 5.91 Å². The lowest BCUT2D eigenvalue weighted by atomic mass is 9.99. The fourth-order valence-corrected chi connectivity index (χ4v) is 3.19. The summed E-state index contributed by atoms with van der Waals surface area (Å²) in [5, 5.41) is 5.46. The molecule has 1 aromatic carbocycles. The van der Waals surface area contributed by atoms with Gasteiger partial charge in [0, 0.05) is 18.5 Å². The van der Waals surface area contributed by atoms with E-state index in [0.29, 0.717) is 26.3 Å². The first-order valence-corrected chi connectivity index (χ1v) is 9.85. The second-order valence-electron chi connectivity index (χ2n) is 6.66. The van der Waals surface area contributed by atoms with Crippen LogP contribution in [0.2, 0.25) is 0 Å². The van der Waals surface area contributed by atoms with E-state index in [1.165, 1.54) is 16.0 Å². The van der Waals surface area contributed by atoms with Crippen molar-refractivity contribution in [2.45, 2.75) is 40.2 Å². The summed E-state index contributed by atoms with van der Waals surface area (Å²) in [4.78, 5) is 24.9. The number of benzene rings is 1. The molecule has 1 atom stereocenters. The molecule has 150 valence electrons. The van der Waals surface area contributed by atoms with Crippen molar-refractivity contribution in [3.05, 3.63) is 23.3 Å². The maximum Gasteiger partial charge on any atom is 0.275 e. The van der Waals surface area contributed by atoms with Crippen LogP contribution in [0.25, 0.3) is 0 Å². The SMILES string of the molecule is CCCNC(=O)CNC(=O)C[NH+]1CCc2cc(OCC)c(OCC)cc2C1. The van der Waals surface area contributed by atoms with E-state index in [1.54, 1.807) is 0 Å². The number of carbonyl (C=O) groups excluding carboxylic acids is 2. The van der Waals surface area contributed by atoms with E-state index in [9.17, 15) is 9.59 Å². The summed E-state index contributed by atoms with van der Waals surface area (Å²) in [6.45, 7) is 9.75. The molecule has 1 unspecified atom stereocenters. The third-order valence-electron chi connectivity index (χ3n) is 4.48. The van der Waals surface area contributed by atoms with Crippen LogP contribution in [0.3, 0.4) is 0 Å². The van der Waals surface area contributed by atoms with Gasteiger partial charge in [-0.05, 0) is 38.0 Å². The Hall–Kier alpha value is -2.28. The van der Waals surface area contributed by atoms with Crippen LogP contribution in [0.15, 0.2) is 12.1 Å². The van der Waals surface area contributed by atoms with E-state index >= 15 is 0 Å². The van der Waals surface area contributed by atoms with Crippen LogP contribution in [0.4, 0.5) is 0 Å². The minimum absolute atomic E-state index is 0.0366. The van der Waals surface area contributed by atoms with Gasteiger partial charge in [0.15, 0.2) is 18.0 Å². The third-order valence-corrected chi connectivity index (χ3v) is 4.48. The van der Waals surface area contributed by atoms with Crippen molar-refractivity contribution in [3.63, 3.8) is 0 Å². The Kier molecular flexibility index (Phi) is 8.39. The van der Waals surface area contributed by atoms with Crippen molar-refractivity contribution in [1.29, 1.82) is 0 Å². The molecule has 1 aliphatic heterocycles. The van der Waals surface area contributed by atoms with Crippen molar-refractivity contribution in [2.75, 3.05) is 39.4 Å². The number of nitrogens with one attached hydrogen (secondary N) is 3. The molecule has 7 nitrogen and oxygen atoms in total. The van der Waals surface area contributed by atoms with Gasteiger partial charge in [-0.2, -0.15) is 0 Å². The Morgan fingerprint density at radius 3 is 2.30 bits per heavy atom. The number of hydrogen-bond donors (Lipinski definition) is 3. The fraction of sp³-hybridized carbons (Fsp3) is 0.600. The number of carbonyl (C=O) groups is 2. The van der Waals surface area contributed by atoms with Crippen molar-refractivity contribution in [3.8, 4) is 11.5 Å². The highest BCUT2D eigenvalue weighted by atomic mass is 16.5. The number of rotatable bonds is 10.